The van der Waals surface area contributed by atoms with Crippen molar-refractivity contribution < 1.29 is 18.0 Å². The predicted octanol–water partition coefficient (Wildman–Crippen LogP) is 5.49. The quantitative estimate of drug-likeness (QED) is 0.459. The van der Waals surface area contributed by atoms with E-state index >= 15 is 0 Å². The van der Waals surface area contributed by atoms with Gasteiger partial charge in [0, 0.05) is 17.8 Å². The Bertz CT molecular complexity index is 1190. The first-order chi connectivity index (χ1) is 15.9. The lowest BCUT2D eigenvalue weighted by Gasteiger charge is -2.37. The van der Waals surface area contributed by atoms with Crippen LogP contribution in [-0.2, 0) is 0 Å². The van der Waals surface area contributed by atoms with E-state index in [1.807, 2.05) is 11.8 Å². The number of nitrogens with one attached hydrogen (secondary N) is 1. The van der Waals surface area contributed by atoms with Crippen molar-refractivity contribution in [3.63, 3.8) is 0 Å². The molecule has 1 aromatic heterocycles. The molecule has 0 amide bonds. The summed E-state index contributed by atoms with van der Waals surface area (Å²) in [5.74, 6) is -0.182. The molecular formula is C24H24F2N4O2S. The van der Waals surface area contributed by atoms with Gasteiger partial charge in [0.1, 0.15) is 5.82 Å². The third-order valence-corrected chi connectivity index (χ3v) is 5.94. The first kappa shape index (κ1) is 22.8. The summed E-state index contributed by atoms with van der Waals surface area (Å²) in [6.45, 7) is 4.80. The van der Waals surface area contributed by atoms with E-state index in [0.29, 0.717) is 10.7 Å². The fourth-order valence-corrected chi connectivity index (χ4v) is 4.15. The average Bonchev–Trinajstić information content (AvgIpc) is 3.29. The molecule has 0 aliphatic carbocycles. The molecule has 1 atom stereocenters. The van der Waals surface area contributed by atoms with Crippen LogP contribution in [0.1, 0.15) is 44.2 Å². The van der Waals surface area contributed by atoms with Gasteiger partial charge in [-0.1, -0.05) is 30.6 Å². The van der Waals surface area contributed by atoms with Crippen molar-refractivity contribution in [2.45, 2.75) is 32.7 Å². The number of hydrogen-bond donors (Lipinski definition) is 1. The number of ether oxygens (including phenoxy) is 1. The highest BCUT2D eigenvalue weighted by molar-refractivity contribution is 7.80. The van der Waals surface area contributed by atoms with Gasteiger partial charge in [0.15, 0.2) is 16.7 Å². The van der Waals surface area contributed by atoms with Gasteiger partial charge in [-0.3, -0.25) is 0 Å². The summed E-state index contributed by atoms with van der Waals surface area (Å²) < 4.78 is 38.4. The van der Waals surface area contributed by atoms with Crippen molar-refractivity contribution in [3.05, 3.63) is 71.3 Å². The van der Waals surface area contributed by atoms with Crippen molar-refractivity contribution in [1.29, 1.82) is 0 Å². The molecule has 9 heteroatoms. The van der Waals surface area contributed by atoms with E-state index < -0.39 is 11.9 Å². The maximum absolute atomic E-state index is 14.2. The minimum atomic E-state index is -0.517. The van der Waals surface area contributed by atoms with Crippen LogP contribution in [0.2, 0.25) is 0 Å². The molecule has 3 aromatic rings. The standard InChI is InChI=1S/C24H24F2N4O2S/c1-4-5-12-30-14(2)20(21(27-24(30)33)15-6-9-17(25)10-7-15)23-28-22(29-32-23)16-8-11-19(31-3)18(26)13-16/h6-11,13,21H,4-5,12H2,1-3H3,(H,27,33). The zero-order valence-electron chi connectivity index (χ0n) is 18.6. The zero-order chi connectivity index (χ0) is 23.5. The molecule has 1 aliphatic heterocycles. The first-order valence-electron chi connectivity index (χ1n) is 10.6. The normalized spacial score (nSPS) is 16.2. The monoisotopic (exact) mass is 470 g/mol. The third kappa shape index (κ3) is 4.59. The maximum atomic E-state index is 14.2. The summed E-state index contributed by atoms with van der Waals surface area (Å²) in [5.41, 5.74) is 2.87. The van der Waals surface area contributed by atoms with Crippen LogP contribution in [0.15, 0.2) is 52.7 Å². The minimum Gasteiger partial charge on any atom is -0.494 e. The molecule has 33 heavy (non-hydrogen) atoms. The number of halogens is 2. The van der Waals surface area contributed by atoms with Crippen LogP contribution < -0.4 is 10.1 Å². The second-order valence-electron chi connectivity index (χ2n) is 7.71. The van der Waals surface area contributed by atoms with Gasteiger partial charge in [0.25, 0.3) is 5.89 Å². The number of allylic oxidation sites excluding steroid dienone is 1. The van der Waals surface area contributed by atoms with E-state index in [-0.39, 0.29) is 23.3 Å². The maximum Gasteiger partial charge on any atom is 0.258 e. The Labute approximate surface area is 196 Å². The fraction of sp³-hybridized carbons (Fsp3) is 0.292. The lowest BCUT2D eigenvalue weighted by Crippen LogP contribution is -2.46. The van der Waals surface area contributed by atoms with E-state index in [4.69, 9.17) is 21.5 Å². The number of unbranched alkanes of at least 4 members (excludes halogenated alkanes) is 1. The van der Waals surface area contributed by atoms with E-state index in [0.717, 1.165) is 36.2 Å². The fourth-order valence-electron chi connectivity index (χ4n) is 3.80. The molecule has 0 saturated carbocycles. The van der Waals surface area contributed by atoms with Gasteiger partial charge in [0.2, 0.25) is 5.82 Å². The highest BCUT2D eigenvalue weighted by Crippen LogP contribution is 2.37. The SMILES string of the molecule is CCCCN1C(=S)NC(c2ccc(F)cc2)C(c2nc(-c3ccc(OC)c(F)c3)no2)=C1C. The van der Waals surface area contributed by atoms with Crippen LogP contribution in [0, 0.1) is 11.6 Å². The Hall–Kier alpha value is -3.33. The summed E-state index contributed by atoms with van der Waals surface area (Å²) in [6.07, 6.45) is 1.96. The number of methoxy groups -OCH3 is 1. The molecule has 6 nitrogen and oxygen atoms in total. The van der Waals surface area contributed by atoms with Gasteiger partial charge >= 0.3 is 0 Å². The number of thiocarbonyl (C=S) groups is 1. The zero-order valence-corrected chi connectivity index (χ0v) is 19.4. The van der Waals surface area contributed by atoms with E-state index in [1.165, 1.54) is 31.4 Å². The smallest absolute Gasteiger partial charge is 0.258 e. The van der Waals surface area contributed by atoms with E-state index in [1.54, 1.807) is 18.2 Å². The number of benzene rings is 2. The Morgan fingerprint density at radius 3 is 2.61 bits per heavy atom. The molecule has 172 valence electrons. The molecule has 0 saturated heterocycles. The summed E-state index contributed by atoms with van der Waals surface area (Å²) in [5, 5.41) is 7.99. The summed E-state index contributed by atoms with van der Waals surface area (Å²) in [4.78, 5) is 6.56. The lowest BCUT2D eigenvalue weighted by atomic mass is 9.94. The molecule has 4 rings (SSSR count). The molecule has 2 heterocycles. The Morgan fingerprint density at radius 1 is 1.18 bits per heavy atom. The van der Waals surface area contributed by atoms with E-state index in [9.17, 15) is 8.78 Å². The number of aromatic nitrogens is 2. The third-order valence-electron chi connectivity index (χ3n) is 5.60. The Kier molecular flexibility index (Phi) is 6.69. The van der Waals surface area contributed by atoms with Crippen molar-refractivity contribution in [1.82, 2.24) is 20.4 Å². The molecular weight excluding hydrogens is 446 g/mol. The van der Waals surface area contributed by atoms with Crippen LogP contribution in [0.4, 0.5) is 8.78 Å². The van der Waals surface area contributed by atoms with Crippen molar-refractivity contribution in [3.8, 4) is 17.1 Å². The topological polar surface area (TPSA) is 63.4 Å². The minimum absolute atomic E-state index is 0.133. The highest BCUT2D eigenvalue weighted by atomic mass is 32.1. The lowest BCUT2D eigenvalue weighted by molar-refractivity contribution is 0.386. The average molecular weight is 471 g/mol. The summed E-state index contributed by atoms with van der Waals surface area (Å²) in [6, 6.07) is 10.3. The van der Waals surface area contributed by atoms with Crippen molar-refractivity contribution in [2.24, 2.45) is 0 Å². The van der Waals surface area contributed by atoms with Crippen molar-refractivity contribution in [2.75, 3.05) is 13.7 Å². The molecule has 1 aliphatic rings. The Balaban J connectivity index is 1.78. The second kappa shape index (κ2) is 9.66. The van der Waals surface area contributed by atoms with Gasteiger partial charge < -0.3 is 19.5 Å². The molecule has 0 fully saturated rings. The first-order valence-corrected chi connectivity index (χ1v) is 11.1. The molecule has 0 radical (unpaired) electrons. The van der Waals surface area contributed by atoms with Gasteiger partial charge in [-0.2, -0.15) is 4.98 Å². The number of nitrogens with zero attached hydrogens (tertiary/aromatic N) is 3. The largest absolute Gasteiger partial charge is 0.494 e. The van der Waals surface area contributed by atoms with Gasteiger partial charge in [-0.25, -0.2) is 8.78 Å². The molecule has 2 aromatic carbocycles. The van der Waals surface area contributed by atoms with Crippen LogP contribution in [0.3, 0.4) is 0 Å². The predicted molar refractivity (Wildman–Crippen MR) is 125 cm³/mol. The molecule has 1 N–H and O–H groups in total. The van der Waals surface area contributed by atoms with Gasteiger partial charge in [0.05, 0.1) is 18.7 Å². The number of hydrogen-bond acceptors (Lipinski definition) is 5. The van der Waals surface area contributed by atoms with Crippen LogP contribution in [0.5, 0.6) is 5.75 Å². The molecule has 0 spiro atoms. The van der Waals surface area contributed by atoms with Crippen molar-refractivity contribution >= 4 is 22.9 Å². The van der Waals surface area contributed by atoms with Gasteiger partial charge in [-0.05, 0) is 61.5 Å². The van der Waals surface area contributed by atoms with Crippen LogP contribution in [-0.4, -0.2) is 33.8 Å². The highest BCUT2D eigenvalue weighted by Gasteiger charge is 2.34. The summed E-state index contributed by atoms with van der Waals surface area (Å²) in [7, 11) is 1.40. The Morgan fingerprint density at radius 2 is 1.94 bits per heavy atom. The van der Waals surface area contributed by atoms with Crippen LogP contribution >= 0.6 is 12.2 Å². The second-order valence-corrected chi connectivity index (χ2v) is 8.10. The van der Waals surface area contributed by atoms with Gasteiger partial charge in [-0.15, -0.1) is 0 Å². The van der Waals surface area contributed by atoms with E-state index in [2.05, 4.69) is 22.4 Å². The summed E-state index contributed by atoms with van der Waals surface area (Å²) >= 11 is 5.63. The molecule has 0 bridgehead atoms. The number of rotatable bonds is 7. The molecule has 1 unspecified atom stereocenters. The van der Waals surface area contributed by atoms with Crippen LogP contribution in [0.25, 0.3) is 17.0 Å².